The highest BCUT2D eigenvalue weighted by molar-refractivity contribution is 5.96. The predicted octanol–water partition coefficient (Wildman–Crippen LogP) is 2.99. The Hall–Kier alpha value is -2.04. The van der Waals surface area contributed by atoms with Gasteiger partial charge < -0.3 is 10.0 Å². The minimum Gasteiger partial charge on any atom is -0.478 e. The van der Waals surface area contributed by atoms with Crippen LogP contribution in [0.15, 0.2) is 18.2 Å². The molecule has 0 saturated heterocycles. The topological polar surface area (TPSA) is 60.9 Å². The van der Waals surface area contributed by atoms with Crippen LogP contribution in [0.5, 0.6) is 0 Å². The monoisotopic (exact) mass is 290 g/mol. The average molecular weight is 290 g/mol. The van der Waals surface area contributed by atoms with Crippen LogP contribution in [-0.4, -0.2) is 41.1 Å². The number of fused-ring (bicyclic) bond motifs is 1. The van der Waals surface area contributed by atoms with Crippen LogP contribution >= 0.6 is 0 Å². The number of anilines is 1. The van der Waals surface area contributed by atoms with E-state index in [2.05, 4.69) is 6.92 Å². The van der Waals surface area contributed by atoms with E-state index in [0.29, 0.717) is 13.0 Å². The molecule has 1 aromatic carbocycles. The summed E-state index contributed by atoms with van der Waals surface area (Å²) >= 11 is 0. The lowest BCUT2D eigenvalue weighted by Crippen LogP contribution is -2.50. The number of carboxylic acid groups (broad SMARTS) is 1. The van der Waals surface area contributed by atoms with Crippen LogP contribution in [0.3, 0.4) is 0 Å². The SMILES string of the molecule is CCC(C)(C)N(C)C(=O)N1CCc2cc(C(=O)O)ccc21. The molecule has 1 N–H and O–H groups in total. The van der Waals surface area contributed by atoms with Crippen molar-refractivity contribution in [3.05, 3.63) is 29.3 Å². The smallest absolute Gasteiger partial charge is 0.335 e. The molecule has 0 atom stereocenters. The number of carbonyl (C=O) groups excluding carboxylic acids is 1. The third kappa shape index (κ3) is 2.73. The first-order chi connectivity index (χ1) is 9.77. The highest BCUT2D eigenvalue weighted by Gasteiger charge is 2.33. The van der Waals surface area contributed by atoms with Gasteiger partial charge in [0.1, 0.15) is 0 Å². The summed E-state index contributed by atoms with van der Waals surface area (Å²) in [5.74, 6) is -0.938. The van der Waals surface area contributed by atoms with Gasteiger partial charge in [0, 0.05) is 24.8 Å². The van der Waals surface area contributed by atoms with Crippen LogP contribution < -0.4 is 4.90 Å². The molecule has 1 heterocycles. The minimum absolute atomic E-state index is 0.0383. The molecule has 0 bridgehead atoms. The molecule has 2 amide bonds. The number of benzene rings is 1. The van der Waals surface area contributed by atoms with Crippen LogP contribution in [0, 0.1) is 0 Å². The average Bonchev–Trinajstić information content (AvgIpc) is 2.88. The Bertz CT molecular complexity index is 581. The Kier molecular flexibility index (Phi) is 3.94. The molecule has 0 radical (unpaired) electrons. The summed E-state index contributed by atoms with van der Waals surface area (Å²) in [4.78, 5) is 27.2. The van der Waals surface area contributed by atoms with Gasteiger partial charge in [-0.05, 0) is 50.5 Å². The number of hydrogen-bond acceptors (Lipinski definition) is 2. The first-order valence-corrected chi connectivity index (χ1v) is 7.19. The van der Waals surface area contributed by atoms with Gasteiger partial charge in [-0.2, -0.15) is 0 Å². The van der Waals surface area contributed by atoms with Crippen LogP contribution in [-0.2, 0) is 6.42 Å². The van der Waals surface area contributed by atoms with Gasteiger partial charge in [-0.15, -0.1) is 0 Å². The molecule has 0 spiro atoms. The van der Waals surface area contributed by atoms with Gasteiger partial charge in [-0.3, -0.25) is 4.90 Å². The van der Waals surface area contributed by atoms with Crippen LogP contribution in [0.25, 0.3) is 0 Å². The van der Waals surface area contributed by atoms with Gasteiger partial charge in [-0.25, -0.2) is 9.59 Å². The van der Waals surface area contributed by atoms with Crippen molar-refractivity contribution in [3.63, 3.8) is 0 Å². The largest absolute Gasteiger partial charge is 0.478 e. The molecule has 2 rings (SSSR count). The van der Waals surface area contributed by atoms with E-state index in [1.54, 1.807) is 28.0 Å². The lowest BCUT2D eigenvalue weighted by Gasteiger charge is -2.37. The van der Waals surface area contributed by atoms with Crippen molar-refractivity contribution in [1.82, 2.24) is 4.90 Å². The molecule has 5 nitrogen and oxygen atoms in total. The summed E-state index contributed by atoms with van der Waals surface area (Å²) in [5.41, 5.74) is 1.81. The van der Waals surface area contributed by atoms with E-state index in [4.69, 9.17) is 5.11 Å². The maximum absolute atomic E-state index is 12.7. The van der Waals surface area contributed by atoms with Crippen molar-refractivity contribution < 1.29 is 14.7 Å². The number of amides is 2. The van der Waals surface area contributed by atoms with Gasteiger partial charge >= 0.3 is 12.0 Å². The second kappa shape index (κ2) is 5.39. The molecule has 1 aliphatic heterocycles. The van der Waals surface area contributed by atoms with Crippen molar-refractivity contribution in [1.29, 1.82) is 0 Å². The highest BCUT2D eigenvalue weighted by Crippen LogP contribution is 2.31. The first-order valence-electron chi connectivity index (χ1n) is 7.19. The molecule has 5 heteroatoms. The van der Waals surface area contributed by atoms with Gasteiger partial charge in [-0.1, -0.05) is 6.92 Å². The number of urea groups is 1. The number of aromatic carboxylic acids is 1. The molecule has 0 saturated carbocycles. The molecule has 1 aliphatic rings. The van der Waals surface area contributed by atoms with Crippen LogP contribution in [0.1, 0.15) is 43.1 Å². The second-order valence-corrected chi connectivity index (χ2v) is 6.06. The highest BCUT2D eigenvalue weighted by atomic mass is 16.4. The summed E-state index contributed by atoms with van der Waals surface area (Å²) in [5, 5.41) is 9.03. The first kappa shape index (κ1) is 15.4. The van der Waals surface area contributed by atoms with Gasteiger partial charge in [0.2, 0.25) is 0 Å². The molecule has 114 valence electrons. The maximum Gasteiger partial charge on any atom is 0.335 e. The normalized spacial score (nSPS) is 14.0. The Morgan fingerprint density at radius 3 is 2.62 bits per heavy atom. The van der Waals surface area contributed by atoms with Crippen molar-refractivity contribution >= 4 is 17.7 Å². The summed E-state index contributed by atoms with van der Waals surface area (Å²) in [6.45, 7) is 6.73. The van der Waals surface area contributed by atoms with E-state index in [1.807, 2.05) is 20.9 Å². The zero-order valence-electron chi connectivity index (χ0n) is 13.0. The van der Waals surface area contributed by atoms with Gasteiger partial charge in [0.25, 0.3) is 0 Å². The number of hydrogen-bond donors (Lipinski definition) is 1. The van der Waals surface area contributed by atoms with E-state index in [-0.39, 0.29) is 17.1 Å². The summed E-state index contributed by atoms with van der Waals surface area (Å²) in [6, 6.07) is 4.91. The Labute approximate surface area is 125 Å². The standard InChI is InChI=1S/C16H22N2O3/c1-5-16(2,3)17(4)15(21)18-9-8-11-10-12(14(19)20)6-7-13(11)18/h6-7,10H,5,8-9H2,1-4H3,(H,19,20). The zero-order chi connectivity index (χ0) is 15.8. The van der Waals surface area contributed by atoms with E-state index in [0.717, 1.165) is 17.7 Å². The van der Waals surface area contributed by atoms with E-state index in [9.17, 15) is 9.59 Å². The van der Waals surface area contributed by atoms with Crippen molar-refractivity contribution in [3.8, 4) is 0 Å². The summed E-state index contributed by atoms with van der Waals surface area (Å²) < 4.78 is 0. The number of nitrogens with zero attached hydrogens (tertiary/aromatic N) is 2. The molecule has 1 aromatic rings. The lowest BCUT2D eigenvalue weighted by molar-refractivity contribution is 0.0696. The van der Waals surface area contributed by atoms with Gasteiger partial charge in [0.05, 0.1) is 5.56 Å². The molecule has 0 aromatic heterocycles. The molecular weight excluding hydrogens is 268 g/mol. The third-order valence-corrected chi connectivity index (χ3v) is 4.51. The minimum atomic E-state index is -0.938. The number of rotatable bonds is 3. The maximum atomic E-state index is 12.7. The molecule has 21 heavy (non-hydrogen) atoms. The van der Waals surface area contributed by atoms with E-state index in [1.165, 1.54) is 0 Å². The van der Waals surface area contributed by atoms with Gasteiger partial charge in [0.15, 0.2) is 0 Å². The fraction of sp³-hybridized carbons (Fsp3) is 0.500. The Morgan fingerprint density at radius 1 is 1.38 bits per heavy atom. The van der Waals surface area contributed by atoms with E-state index >= 15 is 0 Å². The van der Waals surface area contributed by atoms with Crippen molar-refractivity contribution in [2.24, 2.45) is 0 Å². The van der Waals surface area contributed by atoms with Crippen LogP contribution in [0.4, 0.5) is 10.5 Å². The Balaban J connectivity index is 2.27. The summed E-state index contributed by atoms with van der Waals surface area (Å²) in [6.07, 6.45) is 1.57. The quantitative estimate of drug-likeness (QED) is 0.931. The van der Waals surface area contributed by atoms with Crippen LogP contribution in [0.2, 0.25) is 0 Å². The summed E-state index contributed by atoms with van der Waals surface area (Å²) in [7, 11) is 1.81. The van der Waals surface area contributed by atoms with Crippen molar-refractivity contribution in [2.45, 2.75) is 39.2 Å². The molecular formula is C16H22N2O3. The molecule has 0 unspecified atom stereocenters. The Morgan fingerprint density at radius 2 is 2.05 bits per heavy atom. The second-order valence-electron chi connectivity index (χ2n) is 6.06. The van der Waals surface area contributed by atoms with E-state index < -0.39 is 5.97 Å². The zero-order valence-corrected chi connectivity index (χ0v) is 13.0. The van der Waals surface area contributed by atoms with Crippen molar-refractivity contribution in [2.75, 3.05) is 18.5 Å². The molecule has 0 fully saturated rings. The number of carboxylic acids is 1. The number of carbonyl (C=O) groups is 2. The molecule has 0 aliphatic carbocycles. The third-order valence-electron chi connectivity index (χ3n) is 4.51. The lowest BCUT2D eigenvalue weighted by atomic mass is 10.0. The fourth-order valence-corrected chi connectivity index (χ4v) is 2.41. The predicted molar refractivity (Wildman–Crippen MR) is 82.0 cm³/mol. The fourth-order valence-electron chi connectivity index (χ4n) is 2.41.